The van der Waals surface area contributed by atoms with Crippen LogP contribution in [-0.2, 0) is 0 Å². The molecular formula is C25H22FN3O5S. The number of hydrogen-bond donors (Lipinski definition) is 2. The molecular weight excluding hydrogens is 473 g/mol. The minimum Gasteiger partial charge on any atom is -0.350 e. The molecule has 0 unspecified atom stereocenters. The first-order valence-electron chi connectivity index (χ1n) is 10.5. The Kier molecular flexibility index (Phi) is 8.32. The van der Waals surface area contributed by atoms with Crippen LogP contribution in [0.5, 0.6) is 0 Å². The number of benzene rings is 3. The van der Waals surface area contributed by atoms with Gasteiger partial charge in [-0.3, -0.25) is 24.5 Å². The fourth-order valence-corrected chi connectivity index (χ4v) is 3.84. The Morgan fingerprint density at radius 1 is 0.914 bits per heavy atom. The van der Waals surface area contributed by atoms with Gasteiger partial charge >= 0.3 is 0 Å². The molecule has 8 nitrogen and oxygen atoms in total. The van der Waals surface area contributed by atoms with Crippen LogP contribution in [0.15, 0.2) is 65.6 Å². The van der Waals surface area contributed by atoms with Gasteiger partial charge in [0.25, 0.3) is 17.5 Å². The summed E-state index contributed by atoms with van der Waals surface area (Å²) in [4.78, 5) is 49.2. The maximum absolute atomic E-state index is 13.6. The Morgan fingerprint density at radius 3 is 2.17 bits per heavy atom. The van der Waals surface area contributed by atoms with Crippen LogP contribution < -0.4 is 10.6 Å². The molecule has 0 aliphatic heterocycles. The number of nitrogens with zero attached hydrogens (tertiary/aromatic N) is 1. The third-order valence-corrected chi connectivity index (χ3v) is 5.97. The summed E-state index contributed by atoms with van der Waals surface area (Å²) in [5.74, 6) is -2.04. The van der Waals surface area contributed by atoms with Crippen molar-refractivity contribution in [3.8, 4) is 0 Å². The summed E-state index contributed by atoms with van der Waals surface area (Å²) in [6.07, 6.45) is 1.70. The summed E-state index contributed by atoms with van der Waals surface area (Å²) in [6, 6.07) is 14.5. The lowest BCUT2D eigenvalue weighted by Gasteiger charge is -2.11. The molecule has 10 heteroatoms. The average Bonchev–Trinajstić information content (AvgIpc) is 2.87. The van der Waals surface area contributed by atoms with E-state index in [2.05, 4.69) is 10.6 Å². The third kappa shape index (κ3) is 6.10. The predicted molar refractivity (Wildman–Crippen MR) is 131 cm³/mol. The zero-order valence-electron chi connectivity index (χ0n) is 19.0. The number of carbonyl (C=O) groups is 3. The molecule has 3 aromatic carbocycles. The van der Waals surface area contributed by atoms with E-state index in [1.54, 1.807) is 25.3 Å². The molecule has 0 aliphatic carbocycles. The molecule has 180 valence electrons. The van der Waals surface area contributed by atoms with E-state index in [-0.39, 0.29) is 41.0 Å². The molecule has 0 saturated heterocycles. The second-order valence-corrected chi connectivity index (χ2v) is 8.34. The zero-order chi connectivity index (χ0) is 25.5. The number of rotatable bonds is 9. The van der Waals surface area contributed by atoms with Crippen LogP contribution in [0.1, 0.15) is 42.2 Å². The Bertz CT molecular complexity index is 1310. The van der Waals surface area contributed by atoms with Crippen molar-refractivity contribution in [1.29, 1.82) is 0 Å². The van der Waals surface area contributed by atoms with E-state index in [0.717, 1.165) is 6.07 Å². The summed E-state index contributed by atoms with van der Waals surface area (Å²) in [5.41, 5.74) is 0.687. The van der Waals surface area contributed by atoms with Crippen LogP contribution in [0.3, 0.4) is 0 Å². The van der Waals surface area contributed by atoms with Crippen LogP contribution in [0, 0.1) is 22.9 Å². The first-order chi connectivity index (χ1) is 16.7. The van der Waals surface area contributed by atoms with Crippen LogP contribution in [0.25, 0.3) is 0 Å². The highest BCUT2D eigenvalue weighted by Gasteiger charge is 2.21. The van der Waals surface area contributed by atoms with Crippen molar-refractivity contribution in [2.45, 2.75) is 11.8 Å². The van der Waals surface area contributed by atoms with E-state index < -0.39 is 28.3 Å². The quantitative estimate of drug-likeness (QED) is 0.151. The normalized spacial score (nSPS) is 10.5. The van der Waals surface area contributed by atoms with Crippen molar-refractivity contribution >= 4 is 35.0 Å². The Morgan fingerprint density at radius 2 is 1.54 bits per heavy atom. The molecule has 0 aromatic heterocycles. The smallest absolute Gasteiger partial charge is 0.283 e. The number of thioether (sulfide) groups is 1. The van der Waals surface area contributed by atoms with E-state index in [4.69, 9.17) is 0 Å². The summed E-state index contributed by atoms with van der Waals surface area (Å²) in [5, 5.41) is 16.6. The van der Waals surface area contributed by atoms with E-state index >= 15 is 0 Å². The van der Waals surface area contributed by atoms with Crippen molar-refractivity contribution < 1.29 is 23.7 Å². The maximum atomic E-state index is 13.6. The fourth-order valence-electron chi connectivity index (χ4n) is 3.29. The molecule has 0 fully saturated rings. The largest absolute Gasteiger partial charge is 0.350 e. The highest BCUT2D eigenvalue weighted by atomic mass is 32.2. The summed E-state index contributed by atoms with van der Waals surface area (Å²) in [6.45, 7) is 1.74. The number of halogens is 1. The molecule has 0 atom stereocenters. The van der Waals surface area contributed by atoms with Gasteiger partial charge in [0.15, 0.2) is 5.78 Å². The van der Waals surface area contributed by atoms with Gasteiger partial charge in [-0.2, -0.15) is 0 Å². The van der Waals surface area contributed by atoms with Crippen molar-refractivity contribution in [3.05, 3.63) is 104 Å². The second kappa shape index (κ2) is 11.4. The lowest BCUT2D eigenvalue weighted by atomic mass is 9.97. The highest BCUT2D eigenvalue weighted by Crippen LogP contribution is 2.29. The molecule has 35 heavy (non-hydrogen) atoms. The first kappa shape index (κ1) is 25.6. The van der Waals surface area contributed by atoms with Crippen molar-refractivity contribution in [1.82, 2.24) is 10.6 Å². The lowest BCUT2D eigenvalue weighted by molar-refractivity contribution is -0.387. The van der Waals surface area contributed by atoms with Crippen LogP contribution in [-0.4, -0.2) is 41.9 Å². The minimum absolute atomic E-state index is 0.0648. The lowest BCUT2D eigenvalue weighted by Crippen LogP contribution is -2.35. The van der Waals surface area contributed by atoms with Gasteiger partial charge in [-0.15, -0.1) is 11.8 Å². The molecule has 0 radical (unpaired) electrons. The predicted octanol–water partition coefficient (Wildman–Crippen LogP) is 4.16. The van der Waals surface area contributed by atoms with E-state index in [1.165, 1.54) is 54.2 Å². The summed E-state index contributed by atoms with van der Waals surface area (Å²) < 4.78 is 13.6. The Labute approximate surface area is 205 Å². The van der Waals surface area contributed by atoms with Gasteiger partial charge in [-0.05, 0) is 49.1 Å². The number of nitrogens with one attached hydrogen (secondary N) is 2. The number of aryl methyl sites for hydroxylation is 1. The highest BCUT2D eigenvalue weighted by molar-refractivity contribution is 7.98. The number of hydrogen-bond acceptors (Lipinski definition) is 6. The van der Waals surface area contributed by atoms with Crippen LogP contribution >= 0.6 is 11.8 Å². The molecule has 0 spiro atoms. The van der Waals surface area contributed by atoms with Gasteiger partial charge in [0.1, 0.15) is 5.82 Å². The number of carbonyl (C=O) groups excluding carboxylic acids is 3. The van der Waals surface area contributed by atoms with Gasteiger partial charge in [0.2, 0.25) is 0 Å². The topological polar surface area (TPSA) is 118 Å². The minimum atomic E-state index is -0.555. The van der Waals surface area contributed by atoms with Gasteiger partial charge in [-0.1, -0.05) is 24.3 Å². The van der Waals surface area contributed by atoms with Gasteiger partial charge in [0, 0.05) is 35.8 Å². The van der Waals surface area contributed by atoms with E-state index in [1.807, 2.05) is 0 Å². The summed E-state index contributed by atoms with van der Waals surface area (Å²) in [7, 11) is 0. The maximum Gasteiger partial charge on any atom is 0.283 e. The SMILES string of the molecule is CSc1ccc(C(=O)c2ccccc2C(=O)NCCNC(=O)c2ccc(C)c(F)c2)cc1[N+](=O)[O-]. The molecule has 3 aromatic rings. The van der Waals surface area contributed by atoms with Gasteiger partial charge in [0.05, 0.1) is 15.4 Å². The third-order valence-electron chi connectivity index (χ3n) is 5.18. The van der Waals surface area contributed by atoms with Gasteiger partial charge < -0.3 is 10.6 Å². The molecule has 2 N–H and O–H groups in total. The van der Waals surface area contributed by atoms with Crippen LogP contribution in [0.2, 0.25) is 0 Å². The van der Waals surface area contributed by atoms with Crippen LogP contribution in [0.4, 0.5) is 10.1 Å². The molecule has 0 bridgehead atoms. The molecule has 2 amide bonds. The monoisotopic (exact) mass is 495 g/mol. The van der Waals surface area contributed by atoms with Crippen molar-refractivity contribution in [2.24, 2.45) is 0 Å². The first-order valence-corrected chi connectivity index (χ1v) is 11.7. The molecule has 0 heterocycles. The number of ketones is 1. The standard InChI is InChI=1S/C25H22FN3O5S/c1-15-7-8-17(13-20(15)26)24(31)27-11-12-28-25(32)19-6-4-3-5-18(19)23(30)16-9-10-22(35-2)21(14-16)29(33)34/h3-10,13-14H,11-12H2,1-2H3,(H,27,31)(H,28,32). The molecule has 3 rings (SSSR count). The fraction of sp³-hybridized carbons (Fsp3) is 0.160. The second-order valence-electron chi connectivity index (χ2n) is 7.49. The Balaban J connectivity index is 1.67. The van der Waals surface area contributed by atoms with Crippen molar-refractivity contribution in [3.63, 3.8) is 0 Å². The molecule has 0 aliphatic rings. The van der Waals surface area contributed by atoms with Crippen molar-refractivity contribution in [2.75, 3.05) is 19.3 Å². The average molecular weight is 496 g/mol. The Hall–Kier alpha value is -4.05. The van der Waals surface area contributed by atoms with Gasteiger partial charge in [-0.25, -0.2) is 4.39 Å². The number of amides is 2. The number of nitro benzene ring substituents is 1. The molecule has 0 saturated carbocycles. The summed E-state index contributed by atoms with van der Waals surface area (Å²) >= 11 is 1.20. The van der Waals surface area contributed by atoms with E-state index in [9.17, 15) is 28.9 Å². The zero-order valence-corrected chi connectivity index (χ0v) is 19.8. The number of nitro groups is 1. The van der Waals surface area contributed by atoms with E-state index in [0.29, 0.717) is 10.5 Å².